The molecule has 1 rings (SSSR count). The summed E-state index contributed by atoms with van der Waals surface area (Å²) >= 11 is 1.43. The van der Waals surface area contributed by atoms with Crippen LogP contribution in [-0.4, -0.2) is 40.6 Å². The Labute approximate surface area is 132 Å². The summed E-state index contributed by atoms with van der Waals surface area (Å²) < 4.78 is 5.43. The molecule has 1 fully saturated rings. The Morgan fingerprint density at radius 2 is 2.24 bits per heavy atom. The molecular weight excluding hydrogens is 288 g/mol. The molecule has 1 aliphatic rings. The lowest BCUT2D eigenvalue weighted by atomic mass is 9.94. The van der Waals surface area contributed by atoms with Gasteiger partial charge in [0.05, 0.1) is 0 Å². The third-order valence-electron chi connectivity index (χ3n) is 4.15. The van der Waals surface area contributed by atoms with Crippen LogP contribution < -0.4 is 0 Å². The number of carbonyl (C=O) groups is 2. The van der Waals surface area contributed by atoms with Crippen molar-refractivity contribution in [3.8, 4) is 0 Å². The highest BCUT2D eigenvalue weighted by Gasteiger charge is 2.32. The summed E-state index contributed by atoms with van der Waals surface area (Å²) in [4.78, 5) is 22.6. The third-order valence-corrected chi connectivity index (χ3v) is 5.73. The van der Waals surface area contributed by atoms with Gasteiger partial charge in [0.25, 0.3) is 0 Å². The molecular formula is C16H28O4S. The number of rotatable bonds is 10. The second-order valence-corrected chi connectivity index (χ2v) is 7.21. The lowest BCUT2D eigenvalue weighted by Crippen LogP contribution is -2.36. The highest BCUT2D eigenvalue weighted by molar-refractivity contribution is 8.01. The molecule has 122 valence electrons. The fourth-order valence-corrected chi connectivity index (χ4v) is 4.28. The van der Waals surface area contributed by atoms with Crippen LogP contribution in [0.5, 0.6) is 0 Å². The van der Waals surface area contributed by atoms with Gasteiger partial charge in [-0.2, -0.15) is 0 Å². The van der Waals surface area contributed by atoms with Gasteiger partial charge in [-0.05, 0) is 25.2 Å². The minimum atomic E-state index is -0.759. The Morgan fingerprint density at radius 1 is 1.48 bits per heavy atom. The number of carboxylic acids is 1. The van der Waals surface area contributed by atoms with E-state index >= 15 is 0 Å². The summed E-state index contributed by atoms with van der Waals surface area (Å²) in [5.74, 6) is -0.303. The molecule has 21 heavy (non-hydrogen) atoms. The first-order valence-corrected chi connectivity index (χ1v) is 9.01. The van der Waals surface area contributed by atoms with Crippen LogP contribution in [-0.2, 0) is 14.3 Å². The van der Waals surface area contributed by atoms with Crippen LogP contribution in [0.1, 0.15) is 58.8 Å². The van der Waals surface area contributed by atoms with Crippen LogP contribution in [0.15, 0.2) is 0 Å². The van der Waals surface area contributed by atoms with Crippen molar-refractivity contribution in [1.29, 1.82) is 0 Å². The maximum absolute atomic E-state index is 11.5. The normalized spacial score (nSPS) is 25.2. The lowest BCUT2D eigenvalue weighted by Gasteiger charge is -2.30. The second kappa shape index (κ2) is 10.2. The number of carbonyl (C=O) groups excluding carboxylic acids is 1. The van der Waals surface area contributed by atoms with Crippen molar-refractivity contribution in [1.82, 2.24) is 0 Å². The van der Waals surface area contributed by atoms with Crippen LogP contribution in [0.4, 0.5) is 0 Å². The molecule has 3 unspecified atom stereocenters. The van der Waals surface area contributed by atoms with Crippen LogP contribution in [0.2, 0.25) is 0 Å². The lowest BCUT2D eigenvalue weighted by molar-refractivity contribution is -0.136. The van der Waals surface area contributed by atoms with Gasteiger partial charge in [-0.3, -0.25) is 4.79 Å². The number of aldehydes is 1. The maximum atomic E-state index is 11.5. The topological polar surface area (TPSA) is 63.6 Å². The van der Waals surface area contributed by atoms with Crippen molar-refractivity contribution in [3.63, 3.8) is 0 Å². The van der Waals surface area contributed by atoms with E-state index in [0.717, 1.165) is 44.8 Å². The van der Waals surface area contributed by atoms with Crippen LogP contribution >= 0.6 is 11.8 Å². The highest BCUT2D eigenvalue weighted by atomic mass is 32.2. The van der Waals surface area contributed by atoms with Gasteiger partial charge in [0.1, 0.15) is 17.6 Å². The average Bonchev–Trinajstić information content (AvgIpc) is 2.50. The number of ether oxygens (including phenoxy) is 1. The van der Waals surface area contributed by atoms with Gasteiger partial charge in [-0.1, -0.05) is 39.5 Å². The summed E-state index contributed by atoms with van der Waals surface area (Å²) in [7, 11) is 0. The zero-order valence-corrected chi connectivity index (χ0v) is 13.9. The van der Waals surface area contributed by atoms with E-state index in [1.165, 1.54) is 11.8 Å². The van der Waals surface area contributed by atoms with Crippen molar-refractivity contribution in [2.24, 2.45) is 5.92 Å². The molecule has 0 aromatic carbocycles. The second-order valence-electron chi connectivity index (χ2n) is 5.77. The van der Waals surface area contributed by atoms with E-state index in [2.05, 4.69) is 13.8 Å². The molecule has 0 aromatic rings. The number of hydrogen-bond acceptors (Lipinski definition) is 4. The summed E-state index contributed by atoms with van der Waals surface area (Å²) in [6.45, 7) is 4.89. The summed E-state index contributed by atoms with van der Waals surface area (Å²) in [6, 6.07) is 0. The minimum absolute atomic E-state index is 0.0129. The van der Waals surface area contributed by atoms with Gasteiger partial charge in [-0.25, -0.2) is 0 Å². The Kier molecular flexibility index (Phi) is 9.00. The zero-order valence-electron chi connectivity index (χ0n) is 13.1. The molecule has 1 N–H and O–H groups in total. The molecule has 0 spiro atoms. The largest absolute Gasteiger partial charge is 0.480 e. The Morgan fingerprint density at radius 3 is 2.81 bits per heavy atom. The van der Waals surface area contributed by atoms with Crippen molar-refractivity contribution in [3.05, 3.63) is 0 Å². The first-order valence-electron chi connectivity index (χ1n) is 8.07. The van der Waals surface area contributed by atoms with Crippen molar-refractivity contribution < 1.29 is 19.4 Å². The van der Waals surface area contributed by atoms with Gasteiger partial charge >= 0.3 is 5.97 Å². The number of thioether (sulfide) groups is 1. The average molecular weight is 316 g/mol. The molecule has 0 saturated carbocycles. The molecule has 1 saturated heterocycles. The minimum Gasteiger partial charge on any atom is -0.480 e. The first-order chi connectivity index (χ1) is 10.1. The predicted octanol–water partition coefficient (Wildman–Crippen LogP) is 3.53. The Balaban J connectivity index is 2.59. The molecule has 0 bridgehead atoms. The van der Waals surface area contributed by atoms with Gasteiger partial charge in [0, 0.05) is 11.9 Å². The Bertz CT molecular complexity index is 321. The first kappa shape index (κ1) is 18.5. The molecule has 0 aromatic heterocycles. The molecule has 1 heterocycles. The van der Waals surface area contributed by atoms with Crippen LogP contribution in [0, 0.1) is 5.92 Å². The van der Waals surface area contributed by atoms with E-state index in [-0.39, 0.29) is 5.25 Å². The van der Waals surface area contributed by atoms with E-state index in [4.69, 9.17) is 4.74 Å². The molecule has 0 aliphatic carbocycles. The number of carboxylic acid groups (broad SMARTS) is 1. The van der Waals surface area contributed by atoms with E-state index in [1.54, 1.807) is 0 Å². The highest BCUT2D eigenvalue weighted by Crippen LogP contribution is 2.33. The smallest absolute Gasteiger partial charge is 0.316 e. The SMILES string of the molecule is CCCCC(CC)C[C@H](SC1CCCOC1C=O)C(=O)O. The molecule has 0 radical (unpaired) electrons. The quantitative estimate of drug-likeness (QED) is 0.625. The zero-order chi connectivity index (χ0) is 15.7. The van der Waals surface area contributed by atoms with E-state index in [1.807, 2.05) is 0 Å². The van der Waals surface area contributed by atoms with Gasteiger partial charge in [0.15, 0.2) is 0 Å². The van der Waals surface area contributed by atoms with Crippen molar-refractivity contribution >= 4 is 24.0 Å². The standard InChI is InChI=1S/C16H28O4S/c1-3-5-7-12(4-2)10-15(16(18)19)21-14-8-6-9-20-13(14)11-17/h11-15H,3-10H2,1-2H3,(H,18,19)/t12?,13?,14?,15-/m0/s1. The molecule has 4 atom stereocenters. The van der Waals surface area contributed by atoms with Gasteiger partial charge in [-0.15, -0.1) is 11.8 Å². The molecule has 4 nitrogen and oxygen atoms in total. The summed E-state index contributed by atoms with van der Waals surface area (Å²) in [5, 5.41) is 9.04. The maximum Gasteiger partial charge on any atom is 0.316 e. The number of hydrogen-bond donors (Lipinski definition) is 1. The fourth-order valence-electron chi connectivity index (χ4n) is 2.76. The van der Waals surface area contributed by atoms with E-state index in [9.17, 15) is 14.7 Å². The van der Waals surface area contributed by atoms with Crippen LogP contribution in [0.25, 0.3) is 0 Å². The number of aliphatic carboxylic acids is 1. The van der Waals surface area contributed by atoms with E-state index in [0.29, 0.717) is 18.9 Å². The molecule has 1 aliphatic heterocycles. The third kappa shape index (κ3) is 6.39. The monoisotopic (exact) mass is 316 g/mol. The van der Waals surface area contributed by atoms with Crippen LogP contribution in [0.3, 0.4) is 0 Å². The van der Waals surface area contributed by atoms with Gasteiger partial charge in [0.2, 0.25) is 0 Å². The molecule has 5 heteroatoms. The van der Waals surface area contributed by atoms with E-state index < -0.39 is 17.3 Å². The predicted molar refractivity (Wildman–Crippen MR) is 85.8 cm³/mol. The number of unbranched alkanes of at least 4 members (excludes halogenated alkanes) is 1. The van der Waals surface area contributed by atoms with Crippen molar-refractivity contribution in [2.75, 3.05) is 6.61 Å². The summed E-state index contributed by atoms with van der Waals surface area (Å²) in [5.41, 5.74) is 0. The molecule has 0 amide bonds. The fraction of sp³-hybridized carbons (Fsp3) is 0.875. The Hall–Kier alpha value is -0.550. The summed E-state index contributed by atoms with van der Waals surface area (Å²) in [6.07, 6.45) is 7.25. The van der Waals surface area contributed by atoms with Crippen molar-refractivity contribution in [2.45, 2.75) is 75.4 Å². The van der Waals surface area contributed by atoms with Gasteiger partial charge < -0.3 is 14.6 Å².